The van der Waals surface area contributed by atoms with Crippen LogP contribution in [-0.4, -0.2) is 20.9 Å². The molecule has 0 amide bonds. The molecule has 1 heterocycles. The van der Waals surface area contributed by atoms with E-state index >= 15 is 0 Å². The van der Waals surface area contributed by atoms with Crippen molar-refractivity contribution in [2.24, 2.45) is 0 Å². The lowest BCUT2D eigenvalue weighted by Gasteiger charge is -1.99. The first kappa shape index (κ1) is 10.0. The maximum absolute atomic E-state index is 10.8. The van der Waals surface area contributed by atoms with E-state index in [4.69, 9.17) is 21.8 Å². The molecule has 2 aromatic rings. The first-order valence-corrected chi connectivity index (χ1v) is 4.65. The molecule has 1 aromatic carbocycles. The molecule has 0 radical (unpaired) electrons. The van der Waals surface area contributed by atoms with Gasteiger partial charge in [-0.25, -0.2) is 4.79 Å². The third kappa shape index (κ3) is 1.58. The molecular weight excluding hydrogens is 218 g/mol. The molecule has 1 aromatic heterocycles. The average Bonchev–Trinajstić information content (AvgIpc) is 2.56. The second-order valence-electron chi connectivity index (χ2n) is 3.14. The Labute approximate surface area is 90.3 Å². The molecule has 15 heavy (non-hydrogen) atoms. The number of aliphatic hydroxyl groups excluding tert-OH is 1. The van der Waals surface area contributed by atoms with Crippen molar-refractivity contribution in [3.05, 3.63) is 35.0 Å². The van der Waals surface area contributed by atoms with E-state index in [1.54, 1.807) is 18.2 Å². The molecule has 0 saturated heterocycles. The molecule has 0 aliphatic heterocycles. The van der Waals surface area contributed by atoms with E-state index in [0.29, 0.717) is 21.5 Å². The standard InChI is InChI=1S/C10H8ClNO3/c11-8-4-12(10(14)15)9-2-1-6(5-13)3-7(8)9/h1-4,13H,5H2,(H,14,15). The highest BCUT2D eigenvalue weighted by molar-refractivity contribution is 6.35. The number of aliphatic hydroxyl groups is 1. The van der Waals surface area contributed by atoms with Crippen LogP contribution in [0.3, 0.4) is 0 Å². The molecule has 0 bridgehead atoms. The van der Waals surface area contributed by atoms with E-state index in [9.17, 15) is 4.79 Å². The van der Waals surface area contributed by atoms with Gasteiger partial charge in [-0.3, -0.25) is 4.57 Å². The molecular formula is C10H8ClNO3. The zero-order valence-electron chi connectivity index (χ0n) is 7.64. The minimum absolute atomic E-state index is 0.0927. The quantitative estimate of drug-likeness (QED) is 0.783. The summed E-state index contributed by atoms with van der Waals surface area (Å²) in [6.07, 6.45) is 0.263. The lowest BCUT2D eigenvalue weighted by molar-refractivity contribution is 0.197. The summed E-state index contributed by atoms with van der Waals surface area (Å²) in [5, 5.41) is 18.8. The van der Waals surface area contributed by atoms with E-state index in [0.717, 1.165) is 4.57 Å². The van der Waals surface area contributed by atoms with Gasteiger partial charge in [-0.05, 0) is 17.7 Å². The zero-order chi connectivity index (χ0) is 11.0. The van der Waals surface area contributed by atoms with Crippen LogP contribution in [0.15, 0.2) is 24.4 Å². The Morgan fingerprint density at radius 3 is 2.80 bits per heavy atom. The summed E-state index contributed by atoms with van der Waals surface area (Å²) < 4.78 is 1.05. The molecule has 5 heteroatoms. The molecule has 0 aliphatic rings. The number of hydrogen-bond acceptors (Lipinski definition) is 2. The fraction of sp³-hybridized carbons (Fsp3) is 0.100. The second-order valence-corrected chi connectivity index (χ2v) is 3.55. The highest BCUT2D eigenvalue weighted by atomic mass is 35.5. The monoisotopic (exact) mass is 225 g/mol. The van der Waals surface area contributed by atoms with Gasteiger partial charge in [0.15, 0.2) is 0 Å². The Bertz CT molecular complexity index is 533. The highest BCUT2D eigenvalue weighted by Gasteiger charge is 2.11. The predicted molar refractivity (Wildman–Crippen MR) is 56.3 cm³/mol. The van der Waals surface area contributed by atoms with Crippen molar-refractivity contribution in [3.8, 4) is 0 Å². The number of rotatable bonds is 1. The summed E-state index contributed by atoms with van der Waals surface area (Å²) in [7, 11) is 0. The SMILES string of the molecule is O=C(O)n1cc(Cl)c2cc(CO)ccc21. The van der Waals surface area contributed by atoms with Gasteiger partial charge in [0.25, 0.3) is 0 Å². The number of aromatic nitrogens is 1. The molecule has 4 nitrogen and oxygen atoms in total. The van der Waals surface area contributed by atoms with Gasteiger partial charge in [-0.1, -0.05) is 17.7 Å². The van der Waals surface area contributed by atoms with Gasteiger partial charge in [0.1, 0.15) is 0 Å². The molecule has 0 fully saturated rings. The fourth-order valence-corrected chi connectivity index (χ4v) is 1.74. The van der Waals surface area contributed by atoms with Crippen LogP contribution < -0.4 is 0 Å². The molecule has 0 atom stereocenters. The second kappa shape index (κ2) is 3.56. The first-order chi connectivity index (χ1) is 7.13. The van der Waals surface area contributed by atoms with E-state index in [2.05, 4.69) is 0 Å². The van der Waals surface area contributed by atoms with Crippen LogP contribution in [0.5, 0.6) is 0 Å². The van der Waals surface area contributed by atoms with Gasteiger partial charge in [0, 0.05) is 11.6 Å². The smallest absolute Gasteiger partial charge is 0.416 e. The molecule has 0 unspecified atom stereocenters. The van der Waals surface area contributed by atoms with Gasteiger partial charge in [-0.2, -0.15) is 0 Å². The topological polar surface area (TPSA) is 62.5 Å². The third-order valence-corrected chi connectivity index (χ3v) is 2.51. The first-order valence-electron chi connectivity index (χ1n) is 4.27. The Morgan fingerprint density at radius 1 is 1.47 bits per heavy atom. The summed E-state index contributed by atoms with van der Waals surface area (Å²) in [4.78, 5) is 10.8. The van der Waals surface area contributed by atoms with Crippen LogP contribution in [0.1, 0.15) is 5.56 Å². The van der Waals surface area contributed by atoms with Crippen molar-refractivity contribution in [1.82, 2.24) is 4.57 Å². The van der Waals surface area contributed by atoms with Crippen molar-refractivity contribution in [2.45, 2.75) is 6.61 Å². The number of carboxylic acid groups (broad SMARTS) is 1. The molecule has 2 rings (SSSR count). The Morgan fingerprint density at radius 2 is 2.20 bits per heavy atom. The van der Waals surface area contributed by atoms with Crippen molar-refractivity contribution in [3.63, 3.8) is 0 Å². The summed E-state index contributed by atoms with van der Waals surface area (Å²) in [5.74, 6) is 0. The fourth-order valence-electron chi connectivity index (χ4n) is 1.49. The van der Waals surface area contributed by atoms with Crippen molar-refractivity contribution in [2.75, 3.05) is 0 Å². The van der Waals surface area contributed by atoms with Crippen molar-refractivity contribution in [1.29, 1.82) is 0 Å². The highest BCUT2D eigenvalue weighted by Crippen LogP contribution is 2.26. The van der Waals surface area contributed by atoms with E-state index in [1.807, 2.05) is 0 Å². The lowest BCUT2D eigenvalue weighted by atomic mass is 10.2. The van der Waals surface area contributed by atoms with Gasteiger partial charge in [-0.15, -0.1) is 0 Å². The molecule has 78 valence electrons. The maximum atomic E-state index is 10.8. The summed E-state index contributed by atoms with van der Waals surface area (Å²) >= 11 is 5.88. The van der Waals surface area contributed by atoms with Crippen molar-refractivity contribution < 1.29 is 15.0 Å². The van der Waals surface area contributed by atoms with Crippen LogP contribution in [0, 0.1) is 0 Å². The van der Waals surface area contributed by atoms with Gasteiger partial charge >= 0.3 is 6.09 Å². The summed E-state index contributed by atoms with van der Waals surface area (Å²) in [6, 6.07) is 4.97. The third-order valence-electron chi connectivity index (χ3n) is 2.21. The van der Waals surface area contributed by atoms with Crippen molar-refractivity contribution >= 4 is 28.6 Å². The lowest BCUT2D eigenvalue weighted by Crippen LogP contribution is -2.05. The number of carbonyl (C=O) groups is 1. The molecule has 0 aliphatic carbocycles. The van der Waals surface area contributed by atoms with Gasteiger partial charge in [0.05, 0.1) is 17.1 Å². The number of benzene rings is 1. The minimum atomic E-state index is -1.08. The Hall–Kier alpha value is -1.52. The molecule has 0 spiro atoms. The number of hydrogen-bond donors (Lipinski definition) is 2. The van der Waals surface area contributed by atoms with Gasteiger partial charge in [0.2, 0.25) is 0 Å². The number of nitrogens with zero attached hydrogens (tertiary/aromatic N) is 1. The summed E-state index contributed by atoms with van der Waals surface area (Å²) in [5.41, 5.74) is 1.22. The average molecular weight is 226 g/mol. The molecule has 0 saturated carbocycles. The normalized spacial score (nSPS) is 10.8. The van der Waals surface area contributed by atoms with Gasteiger partial charge < -0.3 is 10.2 Å². The van der Waals surface area contributed by atoms with Crippen LogP contribution in [0.25, 0.3) is 10.9 Å². The number of halogens is 1. The summed E-state index contributed by atoms with van der Waals surface area (Å²) in [6.45, 7) is -0.0927. The Balaban J connectivity index is 2.75. The van der Waals surface area contributed by atoms with E-state index < -0.39 is 6.09 Å². The largest absolute Gasteiger partial charge is 0.464 e. The minimum Gasteiger partial charge on any atom is -0.464 e. The molecule has 2 N–H and O–H groups in total. The maximum Gasteiger partial charge on any atom is 0.416 e. The van der Waals surface area contributed by atoms with Crippen LogP contribution in [0.2, 0.25) is 5.02 Å². The van der Waals surface area contributed by atoms with E-state index in [1.165, 1.54) is 6.20 Å². The van der Waals surface area contributed by atoms with E-state index in [-0.39, 0.29) is 6.61 Å². The van der Waals surface area contributed by atoms with Crippen LogP contribution in [0.4, 0.5) is 4.79 Å². The van der Waals surface area contributed by atoms with Crippen LogP contribution in [-0.2, 0) is 6.61 Å². The van der Waals surface area contributed by atoms with Crippen LogP contribution >= 0.6 is 11.6 Å². The zero-order valence-corrected chi connectivity index (χ0v) is 8.40. The predicted octanol–water partition coefficient (Wildman–Crippen LogP) is 2.31. The Kier molecular flexibility index (Phi) is 2.38. The number of fused-ring (bicyclic) bond motifs is 1.